The van der Waals surface area contributed by atoms with Crippen molar-refractivity contribution >= 4 is 18.0 Å². The third kappa shape index (κ3) is 5.57. The summed E-state index contributed by atoms with van der Waals surface area (Å²) in [6.07, 6.45) is -0.388. The monoisotopic (exact) mass is 397 g/mol. The lowest BCUT2D eigenvalue weighted by atomic mass is 9.91. The molecule has 2 atom stereocenters. The highest BCUT2D eigenvalue weighted by Crippen LogP contribution is 2.25. The molecule has 0 aromatic heterocycles. The number of amides is 1. The molecule has 0 aliphatic carbocycles. The molecular weight excluding hydrogens is 374 g/mol. The van der Waals surface area contributed by atoms with Crippen LogP contribution in [-0.4, -0.2) is 40.6 Å². The minimum Gasteiger partial charge on any atom is -0.481 e. The predicted molar refractivity (Wildman–Crippen MR) is 104 cm³/mol. The molecule has 1 aliphatic heterocycles. The molecular formula is C22H23NO6. The van der Waals surface area contributed by atoms with Gasteiger partial charge in [0.15, 0.2) is 0 Å². The van der Waals surface area contributed by atoms with Crippen molar-refractivity contribution in [2.45, 2.75) is 32.1 Å². The van der Waals surface area contributed by atoms with Gasteiger partial charge in [0.05, 0.1) is 5.92 Å². The largest absolute Gasteiger partial charge is 0.481 e. The van der Waals surface area contributed by atoms with Crippen LogP contribution in [0.5, 0.6) is 0 Å². The van der Waals surface area contributed by atoms with Crippen molar-refractivity contribution in [3.05, 3.63) is 71.8 Å². The number of carbonyl (C=O) groups is 3. The lowest BCUT2D eigenvalue weighted by Gasteiger charge is -2.35. The first-order chi connectivity index (χ1) is 14.0. The van der Waals surface area contributed by atoms with E-state index in [2.05, 4.69) is 0 Å². The van der Waals surface area contributed by atoms with Gasteiger partial charge in [-0.1, -0.05) is 60.7 Å². The zero-order valence-corrected chi connectivity index (χ0v) is 15.9. The first-order valence-electron chi connectivity index (χ1n) is 9.45. The van der Waals surface area contributed by atoms with Crippen LogP contribution in [0, 0.1) is 5.92 Å². The van der Waals surface area contributed by atoms with Crippen LogP contribution in [0.25, 0.3) is 0 Å². The summed E-state index contributed by atoms with van der Waals surface area (Å²) >= 11 is 0. The summed E-state index contributed by atoms with van der Waals surface area (Å²) in [5, 5.41) is 9.34. The van der Waals surface area contributed by atoms with E-state index in [1.165, 1.54) is 4.90 Å². The number of carboxylic acids is 1. The Hall–Kier alpha value is -3.35. The average molecular weight is 397 g/mol. The van der Waals surface area contributed by atoms with Gasteiger partial charge in [-0.25, -0.2) is 9.59 Å². The Morgan fingerprint density at radius 2 is 1.45 bits per heavy atom. The number of rotatable bonds is 6. The maximum atomic E-state index is 12.7. The Balaban J connectivity index is 1.65. The summed E-state index contributed by atoms with van der Waals surface area (Å²) < 4.78 is 10.7. The fraction of sp³-hybridized carbons (Fsp3) is 0.318. The summed E-state index contributed by atoms with van der Waals surface area (Å²) in [5.74, 6) is -2.32. The molecule has 1 saturated heterocycles. The second kappa shape index (κ2) is 9.73. The Morgan fingerprint density at radius 3 is 2.00 bits per heavy atom. The molecule has 1 amide bonds. The summed E-state index contributed by atoms with van der Waals surface area (Å²) in [5.41, 5.74) is 1.63. The van der Waals surface area contributed by atoms with Gasteiger partial charge in [-0.05, 0) is 24.0 Å². The van der Waals surface area contributed by atoms with E-state index in [9.17, 15) is 19.5 Å². The van der Waals surface area contributed by atoms with Crippen molar-refractivity contribution in [2.24, 2.45) is 5.92 Å². The van der Waals surface area contributed by atoms with Crippen molar-refractivity contribution < 1.29 is 29.0 Å². The molecule has 0 spiro atoms. The number of hydrogen-bond acceptors (Lipinski definition) is 5. The molecule has 7 nitrogen and oxygen atoms in total. The number of nitrogens with zero attached hydrogens (tertiary/aromatic N) is 1. The molecule has 2 aromatic carbocycles. The molecule has 2 aromatic rings. The van der Waals surface area contributed by atoms with Gasteiger partial charge < -0.3 is 14.6 Å². The Kier molecular flexibility index (Phi) is 6.84. The maximum absolute atomic E-state index is 12.7. The van der Waals surface area contributed by atoms with Gasteiger partial charge in [-0.3, -0.25) is 9.69 Å². The van der Waals surface area contributed by atoms with E-state index in [-0.39, 0.29) is 32.6 Å². The quantitative estimate of drug-likeness (QED) is 0.753. The van der Waals surface area contributed by atoms with Crippen LogP contribution in [0.3, 0.4) is 0 Å². The number of carbonyl (C=O) groups excluding carboxylic acids is 2. The minimum atomic E-state index is -0.989. The molecule has 3 rings (SSSR count). The predicted octanol–water partition coefficient (Wildman–Crippen LogP) is 3.23. The van der Waals surface area contributed by atoms with Crippen LogP contribution in [0.2, 0.25) is 0 Å². The summed E-state index contributed by atoms with van der Waals surface area (Å²) in [6.45, 7) is 0.251. The fourth-order valence-corrected chi connectivity index (χ4v) is 3.26. The summed E-state index contributed by atoms with van der Waals surface area (Å²) in [6, 6.07) is 17.4. The molecule has 1 N–H and O–H groups in total. The van der Waals surface area contributed by atoms with Gasteiger partial charge in [0.2, 0.25) is 0 Å². The molecule has 29 heavy (non-hydrogen) atoms. The molecule has 0 radical (unpaired) electrons. The van der Waals surface area contributed by atoms with Crippen molar-refractivity contribution in [3.63, 3.8) is 0 Å². The van der Waals surface area contributed by atoms with Crippen LogP contribution in [-0.2, 0) is 32.3 Å². The zero-order chi connectivity index (χ0) is 20.6. The smallest absolute Gasteiger partial charge is 0.410 e. The number of benzene rings is 2. The Bertz CT molecular complexity index is 839. The van der Waals surface area contributed by atoms with Crippen molar-refractivity contribution in [1.82, 2.24) is 4.90 Å². The number of carboxylic acid groups (broad SMARTS) is 1. The van der Waals surface area contributed by atoms with E-state index in [0.29, 0.717) is 0 Å². The Morgan fingerprint density at radius 1 is 0.897 bits per heavy atom. The average Bonchev–Trinajstić information content (AvgIpc) is 2.76. The molecule has 1 fully saturated rings. The van der Waals surface area contributed by atoms with E-state index < -0.39 is 30.0 Å². The highest BCUT2D eigenvalue weighted by atomic mass is 16.6. The number of aliphatic carboxylic acids is 1. The van der Waals surface area contributed by atoms with Crippen molar-refractivity contribution in [2.75, 3.05) is 6.54 Å². The van der Waals surface area contributed by atoms with Gasteiger partial charge in [0, 0.05) is 6.54 Å². The first kappa shape index (κ1) is 20.4. The van der Waals surface area contributed by atoms with Crippen molar-refractivity contribution in [1.29, 1.82) is 0 Å². The third-order valence-electron chi connectivity index (χ3n) is 4.89. The summed E-state index contributed by atoms with van der Waals surface area (Å²) in [4.78, 5) is 37.9. The van der Waals surface area contributed by atoms with Crippen LogP contribution < -0.4 is 0 Å². The molecule has 152 valence electrons. The molecule has 7 heteroatoms. The number of ether oxygens (including phenoxy) is 2. The number of esters is 1. The van der Waals surface area contributed by atoms with Crippen LogP contribution in [0.4, 0.5) is 4.79 Å². The Labute approximate surface area is 168 Å². The van der Waals surface area contributed by atoms with Gasteiger partial charge in [0.25, 0.3) is 0 Å². The number of likely N-dealkylation sites (tertiary alicyclic amines) is 1. The highest BCUT2D eigenvalue weighted by molar-refractivity contribution is 5.83. The van der Waals surface area contributed by atoms with Crippen LogP contribution in [0.15, 0.2) is 60.7 Å². The standard InChI is InChI=1S/C22H23NO6/c24-20(25)18-11-12-23(22(27)29-15-17-9-5-2-6-10-17)19(13-18)21(26)28-14-16-7-3-1-4-8-16/h1-10,18-19H,11-15H2,(H,24,25). The van der Waals surface area contributed by atoms with E-state index in [4.69, 9.17) is 9.47 Å². The van der Waals surface area contributed by atoms with Crippen LogP contribution in [0.1, 0.15) is 24.0 Å². The van der Waals surface area contributed by atoms with Gasteiger partial charge in [-0.2, -0.15) is 0 Å². The van der Waals surface area contributed by atoms with Gasteiger partial charge in [0.1, 0.15) is 19.3 Å². The SMILES string of the molecule is O=C(O)C1CCN(C(=O)OCc2ccccc2)C(C(=O)OCc2ccccc2)C1. The van der Waals surface area contributed by atoms with E-state index in [1.807, 2.05) is 60.7 Å². The minimum absolute atomic E-state index is 0.00337. The zero-order valence-electron chi connectivity index (χ0n) is 15.9. The van der Waals surface area contributed by atoms with E-state index >= 15 is 0 Å². The molecule has 1 heterocycles. The number of hydrogen-bond donors (Lipinski definition) is 1. The van der Waals surface area contributed by atoms with Gasteiger partial charge >= 0.3 is 18.0 Å². The molecule has 2 unspecified atom stereocenters. The maximum Gasteiger partial charge on any atom is 0.410 e. The van der Waals surface area contributed by atoms with Gasteiger partial charge in [-0.15, -0.1) is 0 Å². The third-order valence-corrected chi connectivity index (χ3v) is 4.89. The van der Waals surface area contributed by atoms with E-state index in [0.717, 1.165) is 11.1 Å². The van der Waals surface area contributed by atoms with Crippen LogP contribution >= 0.6 is 0 Å². The van der Waals surface area contributed by atoms with E-state index in [1.54, 1.807) is 0 Å². The number of piperidine rings is 1. The molecule has 0 bridgehead atoms. The molecule has 1 aliphatic rings. The van der Waals surface area contributed by atoms with Crippen molar-refractivity contribution in [3.8, 4) is 0 Å². The molecule has 0 saturated carbocycles. The second-order valence-corrected chi connectivity index (χ2v) is 6.90. The fourth-order valence-electron chi connectivity index (χ4n) is 3.26. The summed E-state index contributed by atoms with van der Waals surface area (Å²) in [7, 11) is 0. The lowest BCUT2D eigenvalue weighted by molar-refractivity contribution is -0.155. The first-order valence-corrected chi connectivity index (χ1v) is 9.45. The normalized spacial score (nSPS) is 18.7. The highest BCUT2D eigenvalue weighted by Gasteiger charge is 2.40. The second-order valence-electron chi connectivity index (χ2n) is 6.90. The lowest BCUT2D eigenvalue weighted by Crippen LogP contribution is -2.51. The topological polar surface area (TPSA) is 93.1 Å².